The number of primary amides is 1. The highest BCUT2D eigenvalue weighted by Crippen LogP contribution is 2.15. The number of amides is 1. The molecule has 0 radical (unpaired) electrons. The van der Waals surface area contributed by atoms with Crippen LogP contribution in [0.15, 0.2) is 15.5 Å². The molecule has 0 aliphatic carbocycles. The Kier molecular flexibility index (Phi) is 5.81. The van der Waals surface area contributed by atoms with Gasteiger partial charge in [-0.2, -0.15) is 5.10 Å². The van der Waals surface area contributed by atoms with Crippen molar-refractivity contribution in [2.24, 2.45) is 11.7 Å². The maximum Gasteiger partial charge on any atom is 0.404 e. The van der Waals surface area contributed by atoms with E-state index in [1.54, 1.807) is 6.20 Å². The van der Waals surface area contributed by atoms with E-state index in [0.717, 1.165) is 0 Å². The third kappa shape index (κ3) is 4.90. The molecule has 0 aromatic carbocycles. The average Bonchev–Trinajstić information content (AvgIpc) is 2.32. The Morgan fingerprint density at radius 2 is 2.32 bits per heavy atom. The van der Waals surface area contributed by atoms with Gasteiger partial charge in [0.1, 0.15) is 11.1 Å². The molecule has 8 heteroatoms. The number of anilines is 1. The zero-order valence-corrected chi connectivity index (χ0v) is 12.4. The second-order valence-electron chi connectivity index (χ2n) is 4.35. The normalized spacial score (nSPS) is 10.5. The van der Waals surface area contributed by atoms with Crippen molar-refractivity contribution in [1.29, 1.82) is 0 Å². The molecule has 1 amide bonds. The molecule has 0 saturated carbocycles. The van der Waals surface area contributed by atoms with E-state index < -0.39 is 6.09 Å². The van der Waals surface area contributed by atoms with E-state index in [9.17, 15) is 9.59 Å². The molecule has 0 saturated heterocycles. The molecule has 0 unspecified atom stereocenters. The number of nitrogens with two attached hydrogens (primary N) is 1. The zero-order valence-electron chi connectivity index (χ0n) is 10.9. The number of carbonyl (C=O) groups is 1. The van der Waals surface area contributed by atoms with Crippen LogP contribution < -0.4 is 16.6 Å². The summed E-state index contributed by atoms with van der Waals surface area (Å²) < 4.78 is 6.37. The average molecular weight is 333 g/mol. The van der Waals surface area contributed by atoms with E-state index in [1.165, 1.54) is 4.68 Å². The van der Waals surface area contributed by atoms with Crippen LogP contribution in [-0.4, -0.2) is 29.0 Å². The summed E-state index contributed by atoms with van der Waals surface area (Å²) in [6, 6.07) is 0. The molecule has 106 valence electrons. The number of carbonyl (C=O) groups excluding carboxylic acids is 1. The first-order chi connectivity index (χ1) is 8.91. The van der Waals surface area contributed by atoms with Crippen molar-refractivity contribution >= 4 is 27.7 Å². The van der Waals surface area contributed by atoms with E-state index in [1.807, 2.05) is 13.8 Å². The predicted octanol–water partition coefficient (Wildman–Crippen LogP) is 1.17. The number of nitrogens with zero attached hydrogens (tertiary/aromatic N) is 2. The topological polar surface area (TPSA) is 99.2 Å². The Bertz CT molecular complexity index is 501. The van der Waals surface area contributed by atoms with Crippen LogP contribution in [0.2, 0.25) is 0 Å². The van der Waals surface area contributed by atoms with Gasteiger partial charge in [-0.25, -0.2) is 9.48 Å². The van der Waals surface area contributed by atoms with Crippen LogP contribution in [0.1, 0.15) is 13.8 Å². The molecule has 3 N–H and O–H groups in total. The molecule has 0 fully saturated rings. The van der Waals surface area contributed by atoms with Crippen molar-refractivity contribution in [2.45, 2.75) is 20.4 Å². The van der Waals surface area contributed by atoms with E-state index in [4.69, 9.17) is 5.73 Å². The molecule has 0 atom stereocenters. The summed E-state index contributed by atoms with van der Waals surface area (Å²) >= 11 is 3.23. The van der Waals surface area contributed by atoms with Gasteiger partial charge in [0.2, 0.25) is 0 Å². The Labute approximate surface area is 119 Å². The van der Waals surface area contributed by atoms with E-state index in [-0.39, 0.29) is 12.2 Å². The lowest BCUT2D eigenvalue weighted by molar-refractivity contribution is 0.161. The Balaban J connectivity index is 2.68. The van der Waals surface area contributed by atoms with Crippen LogP contribution >= 0.6 is 15.9 Å². The van der Waals surface area contributed by atoms with Gasteiger partial charge in [-0.1, -0.05) is 13.8 Å². The van der Waals surface area contributed by atoms with Gasteiger partial charge in [-0.3, -0.25) is 4.79 Å². The molecule has 1 heterocycles. The maximum absolute atomic E-state index is 12.0. The smallest absolute Gasteiger partial charge is 0.404 e. The molecule has 1 rings (SSSR count). The number of hydrogen-bond donors (Lipinski definition) is 2. The second kappa shape index (κ2) is 7.13. The number of rotatable bonds is 6. The molecule has 1 aromatic heterocycles. The predicted molar refractivity (Wildman–Crippen MR) is 75.1 cm³/mol. The first-order valence-electron chi connectivity index (χ1n) is 5.83. The molecule has 0 bridgehead atoms. The van der Waals surface area contributed by atoms with Gasteiger partial charge in [-0.15, -0.1) is 0 Å². The summed E-state index contributed by atoms with van der Waals surface area (Å²) in [4.78, 5) is 22.4. The highest BCUT2D eigenvalue weighted by atomic mass is 79.9. The fourth-order valence-corrected chi connectivity index (χ4v) is 1.85. The van der Waals surface area contributed by atoms with E-state index in [0.29, 0.717) is 29.2 Å². The van der Waals surface area contributed by atoms with Crippen LogP contribution in [0.4, 0.5) is 10.5 Å². The molecule has 19 heavy (non-hydrogen) atoms. The molecular formula is C11H17BrN4O3. The van der Waals surface area contributed by atoms with Gasteiger partial charge in [0.05, 0.1) is 11.9 Å². The summed E-state index contributed by atoms with van der Waals surface area (Å²) in [6.07, 6.45) is 0.726. The summed E-state index contributed by atoms with van der Waals surface area (Å²) in [7, 11) is 0. The van der Waals surface area contributed by atoms with Gasteiger partial charge < -0.3 is 15.8 Å². The molecule has 0 aliphatic heterocycles. The van der Waals surface area contributed by atoms with Crippen molar-refractivity contribution < 1.29 is 9.53 Å². The fraction of sp³-hybridized carbons (Fsp3) is 0.545. The standard InChI is InChI=1S/C11H17BrN4O3/c1-7(2)6-16-10(17)9(12)8(5-15-16)14-3-4-19-11(13)18/h5,7,14H,3-4,6H2,1-2H3,(H2,13,18). The number of ether oxygens (including phenoxy) is 1. The quantitative estimate of drug-likeness (QED) is 0.762. The lowest BCUT2D eigenvalue weighted by atomic mass is 10.2. The van der Waals surface area contributed by atoms with Crippen molar-refractivity contribution in [3.8, 4) is 0 Å². The van der Waals surface area contributed by atoms with E-state index in [2.05, 4.69) is 31.1 Å². The van der Waals surface area contributed by atoms with Gasteiger partial charge >= 0.3 is 6.09 Å². The van der Waals surface area contributed by atoms with Crippen molar-refractivity contribution in [1.82, 2.24) is 9.78 Å². The van der Waals surface area contributed by atoms with Crippen molar-refractivity contribution in [3.05, 3.63) is 21.0 Å². The summed E-state index contributed by atoms with van der Waals surface area (Å²) in [6.45, 7) is 5.04. The van der Waals surface area contributed by atoms with Gasteiger partial charge in [0.25, 0.3) is 5.56 Å². The van der Waals surface area contributed by atoms with Gasteiger partial charge in [0, 0.05) is 13.1 Å². The molecule has 0 spiro atoms. The molecule has 7 nitrogen and oxygen atoms in total. The first kappa shape index (κ1) is 15.5. The Morgan fingerprint density at radius 1 is 1.63 bits per heavy atom. The number of halogens is 1. The molecule has 0 aliphatic rings. The highest BCUT2D eigenvalue weighted by Gasteiger charge is 2.09. The first-order valence-corrected chi connectivity index (χ1v) is 6.62. The minimum absolute atomic E-state index is 0.122. The van der Waals surface area contributed by atoms with Crippen LogP contribution in [0.5, 0.6) is 0 Å². The highest BCUT2D eigenvalue weighted by molar-refractivity contribution is 9.10. The third-order valence-corrected chi connectivity index (χ3v) is 2.95. The summed E-state index contributed by atoms with van der Waals surface area (Å²) in [5.41, 5.74) is 5.18. The third-order valence-electron chi connectivity index (χ3n) is 2.18. The maximum atomic E-state index is 12.0. The fourth-order valence-electron chi connectivity index (χ4n) is 1.40. The second-order valence-corrected chi connectivity index (χ2v) is 5.14. The van der Waals surface area contributed by atoms with Crippen LogP contribution in [-0.2, 0) is 11.3 Å². The minimum atomic E-state index is -0.827. The van der Waals surface area contributed by atoms with Crippen molar-refractivity contribution in [2.75, 3.05) is 18.5 Å². The molecule has 1 aromatic rings. The van der Waals surface area contributed by atoms with Crippen molar-refractivity contribution in [3.63, 3.8) is 0 Å². The van der Waals surface area contributed by atoms with Crippen LogP contribution in [0.3, 0.4) is 0 Å². The number of hydrogen-bond acceptors (Lipinski definition) is 5. The Morgan fingerprint density at radius 3 is 2.89 bits per heavy atom. The number of aromatic nitrogens is 2. The van der Waals surface area contributed by atoms with Gasteiger partial charge in [-0.05, 0) is 21.8 Å². The molecular weight excluding hydrogens is 316 g/mol. The lowest BCUT2D eigenvalue weighted by Crippen LogP contribution is -2.27. The van der Waals surface area contributed by atoms with Crippen LogP contribution in [0, 0.1) is 5.92 Å². The Hall–Kier alpha value is -1.57. The zero-order chi connectivity index (χ0) is 14.4. The summed E-state index contributed by atoms with van der Waals surface area (Å²) in [5.74, 6) is 0.333. The minimum Gasteiger partial charge on any atom is -0.448 e. The SMILES string of the molecule is CC(C)Cn1ncc(NCCOC(N)=O)c(Br)c1=O. The number of nitrogens with one attached hydrogen (secondary N) is 1. The van der Waals surface area contributed by atoms with Gasteiger partial charge in [0.15, 0.2) is 0 Å². The van der Waals surface area contributed by atoms with Crippen LogP contribution in [0.25, 0.3) is 0 Å². The monoisotopic (exact) mass is 332 g/mol. The van der Waals surface area contributed by atoms with E-state index >= 15 is 0 Å². The summed E-state index contributed by atoms with van der Waals surface area (Å²) in [5, 5.41) is 7.01. The largest absolute Gasteiger partial charge is 0.448 e. The lowest BCUT2D eigenvalue weighted by Gasteiger charge is -2.11.